The topological polar surface area (TPSA) is 113 Å². The van der Waals surface area contributed by atoms with Crippen molar-refractivity contribution in [2.24, 2.45) is 11.8 Å². The molecule has 2 heterocycles. The minimum atomic E-state index is -0.465. The van der Waals surface area contributed by atoms with Crippen molar-refractivity contribution in [2.45, 2.75) is 13.3 Å². The lowest BCUT2D eigenvalue weighted by atomic mass is 10.2. The molecule has 2 atom stereocenters. The summed E-state index contributed by atoms with van der Waals surface area (Å²) >= 11 is 1.28. The standard InChI is InChI=1S/C21H20N4O4S/c1-11-6-15(11)19(27)23-14-5-3-4-12(7-14)18(26)25-21-24-17(10-30-21)13-8-16(22-9-13)20(28)29-2/h3-5,7-11,15,22H,6H2,1-2H3,(H,23,27)(H,24,25,26). The zero-order valence-corrected chi connectivity index (χ0v) is 17.2. The average molecular weight is 424 g/mol. The van der Waals surface area contributed by atoms with Gasteiger partial charge in [-0.1, -0.05) is 13.0 Å². The molecule has 1 aliphatic carbocycles. The molecule has 1 saturated carbocycles. The van der Waals surface area contributed by atoms with Crippen LogP contribution in [-0.4, -0.2) is 34.9 Å². The van der Waals surface area contributed by atoms with E-state index in [1.807, 2.05) is 6.92 Å². The maximum absolute atomic E-state index is 12.6. The minimum absolute atomic E-state index is 0.0116. The van der Waals surface area contributed by atoms with Gasteiger partial charge in [0.05, 0.1) is 12.8 Å². The lowest BCUT2D eigenvalue weighted by Gasteiger charge is -2.07. The number of hydrogen-bond acceptors (Lipinski definition) is 6. The van der Waals surface area contributed by atoms with Crippen molar-refractivity contribution in [1.82, 2.24) is 9.97 Å². The summed E-state index contributed by atoms with van der Waals surface area (Å²) in [5.74, 6) is -0.324. The zero-order chi connectivity index (χ0) is 21.3. The lowest BCUT2D eigenvalue weighted by Crippen LogP contribution is -2.16. The van der Waals surface area contributed by atoms with E-state index in [9.17, 15) is 14.4 Å². The summed E-state index contributed by atoms with van der Waals surface area (Å²) in [4.78, 5) is 43.5. The average Bonchev–Trinajstić information content (AvgIpc) is 3.12. The maximum Gasteiger partial charge on any atom is 0.354 e. The Hall–Kier alpha value is -3.46. The summed E-state index contributed by atoms with van der Waals surface area (Å²) in [6, 6.07) is 8.44. The Labute approximate surface area is 176 Å². The van der Waals surface area contributed by atoms with Gasteiger partial charge in [-0.2, -0.15) is 0 Å². The third-order valence-corrected chi connectivity index (χ3v) is 5.70. The van der Waals surface area contributed by atoms with Crippen molar-refractivity contribution in [1.29, 1.82) is 0 Å². The van der Waals surface area contributed by atoms with Gasteiger partial charge in [0.1, 0.15) is 5.69 Å². The highest BCUT2D eigenvalue weighted by molar-refractivity contribution is 7.14. The Morgan fingerprint density at radius 1 is 1.23 bits per heavy atom. The first-order valence-electron chi connectivity index (χ1n) is 9.39. The Kier molecular flexibility index (Phi) is 5.37. The van der Waals surface area contributed by atoms with Gasteiger partial charge < -0.3 is 15.0 Å². The highest BCUT2D eigenvalue weighted by Crippen LogP contribution is 2.38. The van der Waals surface area contributed by atoms with E-state index in [2.05, 4.69) is 25.3 Å². The molecule has 2 unspecified atom stereocenters. The van der Waals surface area contributed by atoms with Crippen molar-refractivity contribution in [3.05, 3.63) is 53.2 Å². The predicted molar refractivity (Wildman–Crippen MR) is 114 cm³/mol. The minimum Gasteiger partial charge on any atom is -0.464 e. The van der Waals surface area contributed by atoms with Crippen LogP contribution in [0.15, 0.2) is 41.9 Å². The summed E-state index contributed by atoms with van der Waals surface area (Å²) < 4.78 is 4.68. The van der Waals surface area contributed by atoms with Crippen LogP contribution in [0, 0.1) is 11.8 Å². The number of benzene rings is 1. The van der Waals surface area contributed by atoms with Crippen LogP contribution in [0.4, 0.5) is 10.8 Å². The monoisotopic (exact) mass is 424 g/mol. The first-order valence-corrected chi connectivity index (χ1v) is 10.3. The van der Waals surface area contributed by atoms with Crippen LogP contribution < -0.4 is 10.6 Å². The number of amides is 2. The van der Waals surface area contributed by atoms with E-state index in [0.717, 1.165) is 6.42 Å². The van der Waals surface area contributed by atoms with Gasteiger partial charge in [0, 0.05) is 34.3 Å². The van der Waals surface area contributed by atoms with E-state index < -0.39 is 5.97 Å². The molecule has 1 aliphatic rings. The molecule has 2 aromatic heterocycles. The Bertz CT molecular complexity index is 1120. The van der Waals surface area contributed by atoms with Crippen LogP contribution in [0.1, 0.15) is 34.2 Å². The molecular formula is C21H20N4O4S. The van der Waals surface area contributed by atoms with Crippen LogP contribution in [0.3, 0.4) is 0 Å². The molecule has 0 radical (unpaired) electrons. The Balaban J connectivity index is 1.42. The molecule has 9 heteroatoms. The maximum atomic E-state index is 12.6. The summed E-state index contributed by atoms with van der Waals surface area (Å²) in [6.45, 7) is 2.04. The molecule has 8 nitrogen and oxygen atoms in total. The number of anilines is 2. The van der Waals surface area contributed by atoms with Crippen LogP contribution in [0.5, 0.6) is 0 Å². The molecule has 3 aromatic rings. The number of nitrogens with one attached hydrogen (secondary N) is 3. The fourth-order valence-electron chi connectivity index (χ4n) is 3.06. The largest absolute Gasteiger partial charge is 0.464 e. The number of carbonyl (C=O) groups is 3. The van der Waals surface area contributed by atoms with E-state index in [4.69, 9.17) is 0 Å². The van der Waals surface area contributed by atoms with Crippen molar-refractivity contribution in [3.8, 4) is 11.3 Å². The second kappa shape index (κ2) is 8.11. The Morgan fingerprint density at radius 2 is 2.03 bits per heavy atom. The number of esters is 1. The zero-order valence-electron chi connectivity index (χ0n) is 16.4. The number of aromatic nitrogens is 2. The van der Waals surface area contributed by atoms with Crippen molar-refractivity contribution in [2.75, 3.05) is 17.7 Å². The van der Waals surface area contributed by atoms with Crippen molar-refractivity contribution >= 4 is 39.9 Å². The molecule has 0 spiro atoms. The first kappa shape index (κ1) is 19.8. The fraction of sp³-hybridized carbons (Fsp3) is 0.238. The normalized spacial score (nSPS) is 17.3. The number of hydrogen-bond donors (Lipinski definition) is 3. The number of rotatable bonds is 6. The second-order valence-electron chi connectivity index (χ2n) is 7.18. The molecule has 0 aliphatic heterocycles. The van der Waals surface area contributed by atoms with E-state index in [0.29, 0.717) is 39.3 Å². The quantitative estimate of drug-likeness (QED) is 0.521. The number of H-pyrrole nitrogens is 1. The lowest BCUT2D eigenvalue weighted by molar-refractivity contribution is -0.117. The Morgan fingerprint density at radius 3 is 2.77 bits per heavy atom. The van der Waals surface area contributed by atoms with Gasteiger partial charge in [-0.15, -0.1) is 11.3 Å². The number of thiazole rings is 1. The molecule has 0 saturated heterocycles. The van der Waals surface area contributed by atoms with E-state index >= 15 is 0 Å². The van der Waals surface area contributed by atoms with E-state index in [1.165, 1.54) is 18.4 Å². The molecule has 1 aromatic carbocycles. The van der Waals surface area contributed by atoms with E-state index in [1.54, 1.807) is 41.9 Å². The number of ether oxygens (including phenoxy) is 1. The van der Waals surface area contributed by atoms with Crippen molar-refractivity contribution < 1.29 is 19.1 Å². The number of aromatic amines is 1. The van der Waals surface area contributed by atoms with Gasteiger partial charge >= 0.3 is 5.97 Å². The van der Waals surface area contributed by atoms with Gasteiger partial charge in [-0.25, -0.2) is 9.78 Å². The molecule has 0 bridgehead atoms. The van der Waals surface area contributed by atoms with Crippen LogP contribution in [0.2, 0.25) is 0 Å². The number of nitrogens with zero attached hydrogens (tertiary/aromatic N) is 1. The third kappa shape index (κ3) is 4.25. The third-order valence-electron chi connectivity index (χ3n) is 4.95. The van der Waals surface area contributed by atoms with Gasteiger partial charge in [-0.05, 0) is 36.6 Å². The van der Waals surface area contributed by atoms with Crippen LogP contribution in [-0.2, 0) is 9.53 Å². The second-order valence-corrected chi connectivity index (χ2v) is 8.03. The summed E-state index contributed by atoms with van der Waals surface area (Å²) in [6.07, 6.45) is 2.56. The summed E-state index contributed by atoms with van der Waals surface area (Å²) in [5.41, 5.74) is 2.68. The van der Waals surface area contributed by atoms with E-state index in [-0.39, 0.29) is 17.7 Å². The molecular weight excluding hydrogens is 404 g/mol. The first-order chi connectivity index (χ1) is 14.4. The van der Waals surface area contributed by atoms with Gasteiger partial charge in [0.2, 0.25) is 5.91 Å². The molecule has 154 valence electrons. The van der Waals surface area contributed by atoms with Gasteiger partial charge in [0.25, 0.3) is 5.91 Å². The highest BCUT2D eigenvalue weighted by atomic mass is 32.1. The molecule has 30 heavy (non-hydrogen) atoms. The van der Waals surface area contributed by atoms with Crippen LogP contribution >= 0.6 is 11.3 Å². The molecule has 2 amide bonds. The molecule has 4 rings (SSSR count). The van der Waals surface area contributed by atoms with Gasteiger partial charge in [0.15, 0.2) is 5.13 Å². The molecule has 3 N–H and O–H groups in total. The number of carbonyl (C=O) groups excluding carboxylic acids is 3. The van der Waals surface area contributed by atoms with Gasteiger partial charge in [-0.3, -0.25) is 14.9 Å². The smallest absolute Gasteiger partial charge is 0.354 e. The number of methoxy groups -OCH3 is 1. The van der Waals surface area contributed by atoms with Crippen molar-refractivity contribution in [3.63, 3.8) is 0 Å². The summed E-state index contributed by atoms with van der Waals surface area (Å²) in [7, 11) is 1.31. The highest BCUT2D eigenvalue weighted by Gasteiger charge is 2.39. The molecule has 1 fully saturated rings. The predicted octanol–water partition coefficient (Wildman–Crippen LogP) is 3.77. The SMILES string of the molecule is COC(=O)c1cc(-c2csc(NC(=O)c3cccc(NC(=O)C4CC4C)c3)n2)c[nH]1. The fourth-order valence-corrected chi connectivity index (χ4v) is 3.78. The van der Waals surface area contributed by atoms with Crippen LogP contribution in [0.25, 0.3) is 11.3 Å². The summed E-state index contributed by atoms with van der Waals surface area (Å²) in [5, 5.41) is 7.84.